The van der Waals surface area contributed by atoms with Crippen molar-refractivity contribution < 1.29 is 24.0 Å². The number of nitrogens with zero attached hydrogens (tertiary/aromatic N) is 1. The first-order valence-electron chi connectivity index (χ1n) is 8.37. The van der Waals surface area contributed by atoms with Crippen LogP contribution < -0.4 is 4.74 Å². The number of carbonyl (C=O) groups is 3. The summed E-state index contributed by atoms with van der Waals surface area (Å²) < 4.78 is 5.65. The lowest BCUT2D eigenvalue weighted by atomic mass is 10.1. The number of hydrogen-bond acceptors (Lipinski definition) is 5. The Balaban J connectivity index is 1.46. The van der Waals surface area contributed by atoms with E-state index < -0.39 is 17.8 Å². The molecule has 3 aromatic rings. The number of rotatable bonds is 4. The topological polar surface area (TPSA) is 72.9 Å². The fraction of sp³-hybridized carbons (Fsp3) is 0. The average molecular weight is 428 g/mol. The van der Waals surface area contributed by atoms with Crippen molar-refractivity contribution in [1.29, 1.82) is 0 Å². The summed E-state index contributed by atoms with van der Waals surface area (Å²) in [4.78, 5) is 41.9. The Bertz CT molecular complexity index is 1110. The molecule has 0 unspecified atom stereocenters. The zero-order valence-electron chi connectivity index (χ0n) is 14.6. The highest BCUT2D eigenvalue weighted by atomic mass is 35.5. The van der Waals surface area contributed by atoms with Crippen LogP contribution in [0.4, 0.5) is 0 Å². The van der Waals surface area contributed by atoms with Crippen LogP contribution in [-0.4, -0.2) is 22.8 Å². The molecule has 1 aliphatic rings. The molecule has 0 aromatic heterocycles. The van der Waals surface area contributed by atoms with Crippen LogP contribution in [-0.2, 0) is 4.84 Å². The van der Waals surface area contributed by atoms with Gasteiger partial charge in [-0.25, -0.2) is 4.79 Å². The van der Waals surface area contributed by atoms with Crippen LogP contribution in [0.25, 0.3) is 0 Å². The van der Waals surface area contributed by atoms with Gasteiger partial charge < -0.3 is 9.57 Å². The van der Waals surface area contributed by atoms with Gasteiger partial charge in [-0.2, -0.15) is 0 Å². The summed E-state index contributed by atoms with van der Waals surface area (Å²) in [6, 6.07) is 17.0. The molecular weight excluding hydrogens is 417 g/mol. The fourth-order valence-electron chi connectivity index (χ4n) is 2.73. The van der Waals surface area contributed by atoms with Crippen LogP contribution >= 0.6 is 23.2 Å². The number of ether oxygens (including phenoxy) is 1. The van der Waals surface area contributed by atoms with Gasteiger partial charge in [0.25, 0.3) is 11.8 Å². The Morgan fingerprint density at radius 1 is 0.828 bits per heavy atom. The number of fused-ring (bicyclic) bond motifs is 1. The first-order valence-corrected chi connectivity index (χ1v) is 9.13. The van der Waals surface area contributed by atoms with E-state index in [4.69, 9.17) is 32.8 Å². The summed E-state index contributed by atoms with van der Waals surface area (Å²) in [5.41, 5.74) is 0.513. The second kappa shape index (κ2) is 7.58. The molecule has 144 valence electrons. The van der Waals surface area contributed by atoms with E-state index in [1.165, 1.54) is 36.4 Å². The minimum Gasteiger partial charge on any atom is -0.456 e. The monoisotopic (exact) mass is 427 g/mol. The van der Waals surface area contributed by atoms with Crippen molar-refractivity contribution in [1.82, 2.24) is 5.06 Å². The molecule has 4 rings (SSSR count). The van der Waals surface area contributed by atoms with E-state index in [-0.39, 0.29) is 16.7 Å². The summed E-state index contributed by atoms with van der Waals surface area (Å²) in [7, 11) is 0. The van der Waals surface area contributed by atoms with Gasteiger partial charge in [-0.15, -0.1) is 0 Å². The predicted molar refractivity (Wildman–Crippen MR) is 105 cm³/mol. The third kappa shape index (κ3) is 3.68. The maximum atomic E-state index is 12.4. The first kappa shape index (κ1) is 19.0. The molecule has 2 amide bonds. The van der Waals surface area contributed by atoms with Crippen LogP contribution in [0, 0.1) is 0 Å². The molecule has 0 saturated heterocycles. The van der Waals surface area contributed by atoms with E-state index in [1.54, 1.807) is 30.3 Å². The van der Waals surface area contributed by atoms with Gasteiger partial charge in [0.05, 0.1) is 21.7 Å². The number of imide groups is 1. The van der Waals surface area contributed by atoms with E-state index in [1.807, 2.05) is 0 Å². The summed E-state index contributed by atoms with van der Waals surface area (Å²) in [5, 5.41) is 1.28. The van der Waals surface area contributed by atoms with Crippen molar-refractivity contribution in [2.45, 2.75) is 0 Å². The van der Waals surface area contributed by atoms with Crippen molar-refractivity contribution in [2.24, 2.45) is 0 Å². The highest BCUT2D eigenvalue weighted by molar-refractivity contribution is 6.35. The van der Waals surface area contributed by atoms with E-state index in [9.17, 15) is 14.4 Å². The molecule has 29 heavy (non-hydrogen) atoms. The lowest BCUT2D eigenvalue weighted by Crippen LogP contribution is -2.32. The molecule has 8 heteroatoms. The Labute approximate surface area is 175 Å². The molecule has 3 aromatic carbocycles. The molecule has 1 heterocycles. The smallest absolute Gasteiger partial charge is 0.363 e. The standard InChI is InChI=1S/C21H11Cl2NO5/c22-13-7-10-18(17(23)11-13)28-14-8-5-12(6-9-14)21(27)29-24-19(25)15-3-1-2-4-16(15)20(24)26/h1-11H. The van der Waals surface area contributed by atoms with Crippen LogP contribution in [0.1, 0.15) is 31.1 Å². The lowest BCUT2D eigenvalue weighted by molar-refractivity contribution is -0.0584. The van der Waals surface area contributed by atoms with Crippen molar-refractivity contribution in [2.75, 3.05) is 0 Å². The quantitative estimate of drug-likeness (QED) is 0.538. The van der Waals surface area contributed by atoms with E-state index >= 15 is 0 Å². The zero-order chi connectivity index (χ0) is 20.5. The Morgan fingerprint density at radius 2 is 1.45 bits per heavy atom. The third-order valence-corrected chi connectivity index (χ3v) is 4.67. The van der Waals surface area contributed by atoms with Crippen molar-refractivity contribution in [3.8, 4) is 11.5 Å². The molecule has 1 aliphatic heterocycles. The van der Waals surface area contributed by atoms with Crippen LogP contribution in [0.5, 0.6) is 11.5 Å². The highest BCUT2D eigenvalue weighted by Crippen LogP contribution is 2.31. The van der Waals surface area contributed by atoms with Gasteiger partial charge >= 0.3 is 5.97 Å². The van der Waals surface area contributed by atoms with Crippen LogP contribution in [0.3, 0.4) is 0 Å². The average Bonchev–Trinajstić information content (AvgIpc) is 2.96. The number of hydrogen-bond donors (Lipinski definition) is 0. The van der Waals surface area contributed by atoms with E-state index in [0.29, 0.717) is 26.6 Å². The SMILES string of the molecule is O=C(ON1C(=O)c2ccccc2C1=O)c1ccc(Oc2ccc(Cl)cc2Cl)cc1. The maximum absolute atomic E-state index is 12.4. The van der Waals surface area contributed by atoms with Crippen molar-refractivity contribution in [3.05, 3.63) is 93.5 Å². The molecule has 0 spiro atoms. The van der Waals surface area contributed by atoms with Crippen molar-refractivity contribution in [3.63, 3.8) is 0 Å². The first-order chi connectivity index (χ1) is 13.9. The third-order valence-electron chi connectivity index (χ3n) is 4.14. The minimum atomic E-state index is -0.851. The Morgan fingerprint density at radius 3 is 2.03 bits per heavy atom. The normalized spacial score (nSPS) is 12.7. The van der Waals surface area contributed by atoms with Gasteiger partial charge in [0.15, 0.2) is 0 Å². The number of hydroxylamine groups is 2. The number of carbonyl (C=O) groups excluding carboxylic acids is 3. The van der Waals surface area contributed by atoms with Gasteiger partial charge in [0.2, 0.25) is 0 Å². The molecule has 0 atom stereocenters. The summed E-state index contributed by atoms with van der Waals surface area (Å²) in [6.45, 7) is 0. The minimum absolute atomic E-state index is 0.135. The van der Waals surface area contributed by atoms with E-state index in [2.05, 4.69) is 0 Å². The highest BCUT2D eigenvalue weighted by Gasteiger charge is 2.38. The molecule has 0 N–H and O–H groups in total. The lowest BCUT2D eigenvalue weighted by Gasteiger charge is -2.13. The van der Waals surface area contributed by atoms with Gasteiger partial charge in [-0.1, -0.05) is 40.4 Å². The largest absolute Gasteiger partial charge is 0.456 e. The molecule has 6 nitrogen and oxygen atoms in total. The second-order valence-electron chi connectivity index (χ2n) is 6.03. The van der Waals surface area contributed by atoms with Gasteiger partial charge in [-0.3, -0.25) is 9.59 Å². The molecule has 0 bridgehead atoms. The second-order valence-corrected chi connectivity index (χ2v) is 6.87. The van der Waals surface area contributed by atoms with Gasteiger partial charge in [0.1, 0.15) is 11.5 Å². The van der Waals surface area contributed by atoms with Gasteiger partial charge in [-0.05, 0) is 54.6 Å². The Kier molecular flexibility index (Phi) is 4.96. The maximum Gasteiger partial charge on any atom is 0.363 e. The summed E-state index contributed by atoms with van der Waals surface area (Å²) in [5.74, 6) is -1.40. The van der Waals surface area contributed by atoms with E-state index in [0.717, 1.165) is 0 Å². The molecule has 0 fully saturated rings. The summed E-state index contributed by atoms with van der Waals surface area (Å²) in [6.07, 6.45) is 0. The number of halogens is 2. The fourth-order valence-corrected chi connectivity index (χ4v) is 3.18. The number of benzene rings is 3. The zero-order valence-corrected chi connectivity index (χ0v) is 16.1. The summed E-state index contributed by atoms with van der Waals surface area (Å²) >= 11 is 11.9. The van der Waals surface area contributed by atoms with Crippen LogP contribution in [0.2, 0.25) is 10.0 Å². The molecular formula is C21H11Cl2NO5. The molecule has 0 saturated carbocycles. The Hall–Kier alpha value is -3.35. The predicted octanol–water partition coefficient (Wildman–Crippen LogP) is 5.15. The molecule has 0 aliphatic carbocycles. The van der Waals surface area contributed by atoms with Gasteiger partial charge in [0, 0.05) is 5.02 Å². The van der Waals surface area contributed by atoms with Crippen molar-refractivity contribution >= 4 is 41.0 Å². The number of amides is 2. The van der Waals surface area contributed by atoms with Crippen LogP contribution in [0.15, 0.2) is 66.7 Å². The molecule has 0 radical (unpaired) electrons.